The van der Waals surface area contributed by atoms with Crippen LogP contribution in [-0.2, 0) is 18.4 Å². The van der Waals surface area contributed by atoms with Crippen molar-refractivity contribution in [2.24, 2.45) is 7.05 Å². The maximum Gasteiger partial charge on any atom is 0.330 e. The van der Waals surface area contributed by atoms with Gasteiger partial charge in [0.1, 0.15) is 5.78 Å². The Morgan fingerprint density at radius 1 is 1.29 bits per heavy atom. The number of rotatable bonds is 5. The lowest BCUT2D eigenvalue weighted by molar-refractivity contribution is -0.117. The Morgan fingerprint density at radius 3 is 2.53 bits per heavy atom. The molecular weight excluding hydrogens is 220 g/mol. The van der Waals surface area contributed by atoms with E-state index < -0.39 is 0 Å². The zero-order valence-electron chi connectivity index (χ0n) is 10.5. The highest BCUT2D eigenvalue weighted by Crippen LogP contribution is 2.00. The largest absolute Gasteiger partial charge is 0.330 e. The standard InChI is InChI=1S/C12H18N2O3/c1-9-8-11(16)13(3)12(17)14(9)7-5-4-6-10(2)15/h8H,4-7H2,1-3H3. The molecule has 94 valence electrons. The zero-order valence-corrected chi connectivity index (χ0v) is 10.5. The van der Waals surface area contributed by atoms with E-state index in [4.69, 9.17) is 0 Å². The van der Waals surface area contributed by atoms with E-state index in [0.717, 1.165) is 17.4 Å². The van der Waals surface area contributed by atoms with Crippen LogP contribution in [0.25, 0.3) is 0 Å². The van der Waals surface area contributed by atoms with Crippen LogP contribution in [0.1, 0.15) is 31.9 Å². The number of hydrogen-bond donors (Lipinski definition) is 0. The maximum atomic E-state index is 11.8. The summed E-state index contributed by atoms with van der Waals surface area (Å²) in [5, 5.41) is 0. The molecule has 17 heavy (non-hydrogen) atoms. The number of aryl methyl sites for hydroxylation is 1. The van der Waals surface area contributed by atoms with E-state index in [-0.39, 0.29) is 17.0 Å². The lowest BCUT2D eigenvalue weighted by Gasteiger charge is -2.10. The minimum Gasteiger partial charge on any atom is -0.300 e. The van der Waals surface area contributed by atoms with Crippen molar-refractivity contribution in [3.05, 3.63) is 32.6 Å². The van der Waals surface area contributed by atoms with E-state index in [1.165, 1.54) is 13.1 Å². The maximum absolute atomic E-state index is 11.8. The minimum atomic E-state index is -0.294. The molecule has 0 radical (unpaired) electrons. The Balaban J connectivity index is 2.79. The third kappa shape index (κ3) is 3.41. The molecule has 1 heterocycles. The molecule has 5 heteroatoms. The van der Waals surface area contributed by atoms with Gasteiger partial charge in [0.15, 0.2) is 0 Å². The summed E-state index contributed by atoms with van der Waals surface area (Å²) in [5.74, 6) is 0.162. The Hall–Kier alpha value is -1.65. The Kier molecular flexibility index (Phi) is 4.43. The van der Waals surface area contributed by atoms with Crippen LogP contribution in [-0.4, -0.2) is 14.9 Å². The zero-order chi connectivity index (χ0) is 13.0. The van der Waals surface area contributed by atoms with Crippen LogP contribution in [0.3, 0.4) is 0 Å². The molecule has 0 spiro atoms. The molecule has 0 aliphatic rings. The normalized spacial score (nSPS) is 10.5. The highest BCUT2D eigenvalue weighted by Gasteiger charge is 2.05. The van der Waals surface area contributed by atoms with Crippen LogP contribution >= 0.6 is 0 Å². The van der Waals surface area contributed by atoms with Gasteiger partial charge in [-0.1, -0.05) is 0 Å². The summed E-state index contributed by atoms with van der Waals surface area (Å²) in [7, 11) is 1.47. The lowest BCUT2D eigenvalue weighted by Crippen LogP contribution is -2.38. The number of hydrogen-bond acceptors (Lipinski definition) is 3. The number of unbranched alkanes of at least 4 members (excludes halogenated alkanes) is 1. The summed E-state index contributed by atoms with van der Waals surface area (Å²) in [4.78, 5) is 33.9. The minimum absolute atomic E-state index is 0.162. The fraction of sp³-hybridized carbons (Fsp3) is 0.583. The number of carbonyl (C=O) groups is 1. The van der Waals surface area contributed by atoms with Crippen LogP contribution in [0.15, 0.2) is 15.7 Å². The molecule has 0 bridgehead atoms. The predicted molar refractivity (Wildman–Crippen MR) is 65.2 cm³/mol. The second-order valence-corrected chi connectivity index (χ2v) is 4.28. The Labute approximate surface area is 99.7 Å². The smallest absolute Gasteiger partial charge is 0.300 e. The van der Waals surface area contributed by atoms with Gasteiger partial charge >= 0.3 is 5.69 Å². The summed E-state index contributed by atoms with van der Waals surface area (Å²) < 4.78 is 2.67. The molecule has 0 aliphatic heterocycles. The summed E-state index contributed by atoms with van der Waals surface area (Å²) in [6, 6.07) is 1.45. The Morgan fingerprint density at radius 2 is 1.94 bits per heavy atom. The molecule has 0 aliphatic carbocycles. The second-order valence-electron chi connectivity index (χ2n) is 4.28. The third-order valence-electron chi connectivity index (χ3n) is 2.77. The molecule has 0 fully saturated rings. The van der Waals surface area contributed by atoms with E-state index in [9.17, 15) is 14.4 Å². The number of carbonyl (C=O) groups excluding carboxylic acids is 1. The van der Waals surface area contributed by atoms with Gasteiger partial charge in [-0.3, -0.25) is 13.9 Å². The molecule has 1 aromatic heterocycles. The number of aromatic nitrogens is 2. The van der Waals surface area contributed by atoms with Gasteiger partial charge in [0, 0.05) is 31.8 Å². The van der Waals surface area contributed by atoms with Gasteiger partial charge in [-0.2, -0.15) is 0 Å². The lowest BCUT2D eigenvalue weighted by atomic mass is 10.2. The quantitative estimate of drug-likeness (QED) is 0.706. The van der Waals surface area contributed by atoms with E-state index in [1.807, 2.05) is 0 Å². The first-order valence-electron chi connectivity index (χ1n) is 5.70. The average molecular weight is 238 g/mol. The SMILES string of the molecule is CC(=O)CCCCn1c(C)cc(=O)n(C)c1=O. The molecule has 0 unspecified atom stereocenters. The van der Waals surface area contributed by atoms with Gasteiger partial charge < -0.3 is 4.79 Å². The molecule has 0 saturated heterocycles. The monoisotopic (exact) mass is 238 g/mol. The van der Waals surface area contributed by atoms with Crippen LogP contribution in [0.2, 0.25) is 0 Å². The van der Waals surface area contributed by atoms with Gasteiger partial charge in [0.05, 0.1) is 0 Å². The summed E-state index contributed by atoms with van der Waals surface area (Å²) in [5.41, 5.74) is 0.0891. The van der Waals surface area contributed by atoms with Crippen molar-refractivity contribution >= 4 is 5.78 Å². The van der Waals surface area contributed by atoms with Crippen molar-refractivity contribution in [2.45, 2.75) is 39.7 Å². The first-order valence-corrected chi connectivity index (χ1v) is 5.70. The van der Waals surface area contributed by atoms with Gasteiger partial charge in [-0.15, -0.1) is 0 Å². The molecule has 5 nitrogen and oxygen atoms in total. The first kappa shape index (κ1) is 13.4. The van der Waals surface area contributed by atoms with Crippen molar-refractivity contribution in [1.82, 2.24) is 9.13 Å². The Bertz CT molecular complexity index is 526. The topological polar surface area (TPSA) is 61.1 Å². The summed E-state index contributed by atoms with van der Waals surface area (Å²) in [6.45, 7) is 3.85. The van der Waals surface area contributed by atoms with Crippen LogP contribution in [0, 0.1) is 6.92 Å². The molecule has 1 aromatic rings. The molecule has 0 aromatic carbocycles. The predicted octanol–water partition coefficient (Wildman–Crippen LogP) is 0.615. The van der Waals surface area contributed by atoms with Crippen molar-refractivity contribution in [3.63, 3.8) is 0 Å². The molecule has 0 amide bonds. The molecule has 0 saturated carbocycles. The van der Waals surface area contributed by atoms with Crippen LogP contribution in [0.5, 0.6) is 0 Å². The van der Waals surface area contributed by atoms with Crippen LogP contribution in [0.4, 0.5) is 0 Å². The van der Waals surface area contributed by atoms with Gasteiger partial charge in [-0.25, -0.2) is 4.79 Å². The van der Waals surface area contributed by atoms with E-state index in [1.54, 1.807) is 18.4 Å². The third-order valence-corrected chi connectivity index (χ3v) is 2.77. The fourth-order valence-corrected chi connectivity index (χ4v) is 1.70. The molecular formula is C12H18N2O3. The van der Waals surface area contributed by atoms with Gasteiger partial charge in [0.2, 0.25) is 0 Å². The summed E-state index contributed by atoms with van der Waals surface area (Å²) in [6.07, 6.45) is 2.07. The van der Waals surface area contributed by atoms with Crippen molar-refractivity contribution in [3.8, 4) is 0 Å². The van der Waals surface area contributed by atoms with E-state index in [0.29, 0.717) is 18.7 Å². The molecule has 1 rings (SSSR count). The highest BCUT2D eigenvalue weighted by atomic mass is 16.2. The van der Waals surface area contributed by atoms with E-state index in [2.05, 4.69) is 0 Å². The molecule has 0 N–H and O–H groups in total. The first-order chi connectivity index (χ1) is 7.93. The average Bonchev–Trinajstić information content (AvgIpc) is 2.24. The van der Waals surface area contributed by atoms with Crippen molar-refractivity contribution in [1.29, 1.82) is 0 Å². The van der Waals surface area contributed by atoms with Crippen LogP contribution < -0.4 is 11.2 Å². The highest BCUT2D eigenvalue weighted by molar-refractivity contribution is 5.75. The van der Waals surface area contributed by atoms with Gasteiger partial charge in [0.25, 0.3) is 5.56 Å². The second kappa shape index (κ2) is 5.61. The fourth-order valence-electron chi connectivity index (χ4n) is 1.70. The number of Topliss-reactive ketones (excluding diaryl/α,β-unsaturated/α-hetero) is 1. The number of ketones is 1. The van der Waals surface area contributed by atoms with Gasteiger partial charge in [-0.05, 0) is 26.7 Å². The van der Waals surface area contributed by atoms with Crippen molar-refractivity contribution in [2.75, 3.05) is 0 Å². The van der Waals surface area contributed by atoms with Crippen molar-refractivity contribution < 1.29 is 4.79 Å². The number of nitrogens with zero attached hydrogens (tertiary/aromatic N) is 2. The van der Waals surface area contributed by atoms with E-state index >= 15 is 0 Å². The summed E-state index contributed by atoms with van der Waals surface area (Å²) >= 11 is 0. The molecule has 0 atom stereocenters.